The average molecular weight is 727 g/mol. The highest BCUT2D eigenvalue weighted by Crippen LogP contribution is 2.42. The van der Waals surface area contributed by atoms with E-state index in [1.807, 2.05) is 36.4 Å². The molecular formula is C53H34N4. The minimum atomic E-state index is 0.688. The lowest BCUT2D eigenvalue weighted by Gasteiger charge is -2.15. The van der Waals surface area contributed by atoms with Gasteiger partial charge in [-0.15, -0.1) is 0 Å². The van der Waals surface area contributed by atoms with Crippen molar-refractivity contribution < 1.29 is 0 Å². The summed E-state index contributed by atoms with van der Waals surface area (Å²) in [5.74, 6) is 0.688. The number of benzene rings is 8. The molecule has 4 nitrogen and oxygen atoms in total. The van der Waals surface area contributed by atoms with Crippen LogP contribution < -0.4 is 0 Å². The number of rotatable bonds is 6. The highest BCUT2D eigenvalue weighted by atomic mass is 15.0. The molecule has 0 saturated heterocycles. The van der Waals surface area contributed by atoms with Crippen LogP contribution >= 0.6 is 0 Å². The van der Waals surface area contributed by atoms with E-state index in [-0.39, 0.29) is 0 Å². The summed E-state index contributed by atoms with van der Waals surface area (Å²) < 4.78 is 2.39. The van der Waals surface area contributed by atoms with Gasteiger partial charge in [-0.3, -0.25) is 0 Å². The summed E-state index contributed by atoms with van der Waals surface area (Å²) >= 11 is 0. The molecule has 3 heterocycles. The lowest BCUT2D eigenvalue weighted by molar-refractivity contribution is 1.18. The molecule has 0 spiro atoms. The Balaban J connectivity index is 1.11. The molecule has 11 rings (SSSR count). The van der Waals surface area contributed by atoms with Gasteiger partial charge in [-0.05, 0) is 47.3 Å². The van der Waals surface area contributed by atoms with Crippen LogP contribution in [0, 0.1) is 0 Å². The summed E-state index contributed by atoms with van der Waals surface area (Å²) in [6.45, 7) is 0. The summed E-state index contributed by atoms with van der Waals surface area (Å²) in [6.07, 6.45) is 0. The maximum absolute atomic E-state index is 5.54. The van der Waals surface area contributed by atoms with Crippen molar-refractivity contribution in [2.24, 2.45) is 0 Å². The van der Waals surface area contributed by atoms with Crippen LogP contribution in [0.5, 0.6) is 0 Å². The van der Waals surface area contributed by atoms with Gasteiger partial charge in [0.25, 0.3) is 0 Å². The van der Waals surface area contributed by atoms with E-state index in [2.05, 4.69) is 174 Å². The molecule has 0 N–H and O–H groups in total. The SMILES string of the molecule is c1ccc(-c2cc(-c3ccccc3)nc(-c3ccc(-c4cccc5c4nc(-c4ccccc4)c4cc6c7ccccc7n(-c7ccccc7)c6cc45)cc3)n2)cc1. The van der Waals surface area contributed by atoms with Gasteiger partial charge in [-0.2, -0.15) is 0 Å². The molecule has 57 heavy (non-hydrogen) atoms. The van der Waals surface area contributed by atoms with Crippen LogP contribution in [-0.2, 0) is 0 Å². The first-order valence-corrected chi connectivity index (χ1v) is 19.3. The normalized spacial score (nSPS) is 11.5. The Kier molecular flexibility index (Phi) is 7.78. The molecule has 11 aromatic rings. The van der Waals surface area contributed by atoms with Gasteiger partial charge in [-0.25, -0.2) is 15.0 Å². The van der Waals surface area contributed by atoms with Crippen molar-refractivity contribution in [1.82, 2.24) is 19.5 Å². The molecule has 0 radical (unpaired) electrons. The van der Waals surface area contributed by atoms with E-state index < -0.39 is 0 Å². The van der Waals surface area contributed by atoms with Gasteiger partial charge in [0.05, 0.1) is 33.6 Å². The largest absolute Gasteiger partial charge is 0.309 e. The summed E-state index contributed by atoms with van der Waals surface area (Å²) in [5, 5.41) is 5.85. The van der Waals surface area contributed by atoms with E-state index >= 15 is 0 Å². The average Bonchev–Trinajstić information content (AvgIpc) is 3.62. The summed E-state index contributed by atoms with van der Waals surface area (Å²) in [4.78, 5) is 15.7. The van der Waals surface area contributed by atoms with E-state index in [0.717, 1.165) is 72.4 Å². The van der Waals surface area contributed by atoms with Crippen molar-refractivity contribution in [1.29, 1.82) is 0 Å². The van der Waals surface area contributed by atoms with Crippen molar-refractivity contribution in [2.45, 2.75) is 0 Å². The zero-order valence-corrected chi connectivity index (χ0v) is 30.9. The third-order valence-corrected chi connectivity index (χ3v) is 11.0. The molecule has 0 saturated carbocycles. The lowest BCUT2D eigenvalue weighted by Crippen LogP contribution is -1.96. The van der Waals surface area contributed by atoms with E-state index in [0.29, 0.717) is 5.82 Å². The molecule has 4 heteroatoms. The number of aromatic nitrogens is 4. The van der Waals surface area contributed by atoms with Gasteiger partial charge in [0.1, 0.15) is 0 Å². The number of hydrogen-bond acceptors (Lipinski definition) is 3. The Morgan fingerprint density at radius 2 is 0.877 bits per heavy atom. The minimum absolute atomic E-state index is 0.688. The summed E-state index contributed by atoms with van der Waals surface area (Å²) in [7, 11) is 0. The smallest absolute Gasteiger partial charge is 0.160 e. The van der Waals surface area contributed by atoms with Crippen LogP contribution in [0.2, 0.25) is 0 Å². The Labute approximate surface area is 330 Å². The molecule has 0 unspecified atom stereocenters. The quantitative estimate of drug-likeness (QED) is 0.160. The zero-order valence-electron chi connectivity index (χ0n) is 30.9. The Bertz CT molecular complexity index is 3190. The molecule has 8 aromatic carbocycles. The monoisotopic (exact) mass is 726 g/mol. The number of nitrogens with zero attached hydrogens (tertiary/aromatic N) is 4. The maximum Gasteiger partial charge on any atom is 0.160 e. The Morgan fingerprint density at radius 1 is 0.316 bits per heavy atom. The van der Waals surface area contributed by atoms with Gasteiger partial charge < -0.3 is 4.57 Å². The van der Waals surface area contributed by atoms with Gasteiger partial charge in [0.2, 0.25) is 0 Å². The predicted octanol–water partition coefficient (Wildman–Crippen LogP) is 13.6. The second-order valence-corrected chi connectivity index (χ2v) is 14.4. The first-order valence-electron chi connectivity index (χ1n) is 19.3. The van der Waals surface area contributed by atoms with Crippen molar-refractivity contribution in [3.05, 3.63) is 206 Å². The van der Waals surface area contributed by atoms with Crippen LogP contribution in [0.3, 0.4) is 0 Å². The highest BCUT2D eigenvalue weighted by Gasteiger charge is 2.19. The molecule has 0 fully saturated rings. The zero-order chi connectivity index (χ0) is 37.7. The number of para-hydroxylation sites is 3. The third kappa shape index (κ3) is 5.66. The molecule has 3 aromatic heterocycles. The molecule has 0 aliphatic rings. The van der Waals surface area contributed by atoms with Crippen LogP contribution in [0.25, 0.3) is 105 Å². The van der Waals surface area contributed by atoms with Gasteiger partial charge in [0, 0.05) is 55.0 Å². The molecule has 0 aliphatic carbocycles. The number of fused-ring (bicyclic) bond motifs is 6. The van der Waals surface area contributed by atoms with Gasteiger partial charge in [0.15, 0.2) is 5.82 Å². The van der Waals surface area contributed by atoms with Crippen LogP contribution in [0.15, 0.2) is 206 Å². The first kappa shape index (κ1) is 32.7. The predicted molar refractivity (Wildman–Crippen MR) is 236 cm³/mol. The van der Waals surface area contributed by atoms with E-state index in [1.165, 1.54) is 27.2 Å². The van der Waals surface area contributed by atoms with E-state index in [4.69, 9.17) is 15.0 Å². The standard InChI is InChI=1S/C53H34N4/c1-5-16-36(17-6-1)47-34-48(37-18-7-2-8-19-37)55-53(54-47)39-30-28-35(29-31-39)41-25-15-26-43-44-33-50-45(32-46(44)51(56-52(41)43)38-20-9-3-10-21-38)42-24-13-14-27-49(42)57(50)40-22-11-4-12-23-40/h1-34H. The highest BCUT2D eigenvalue weighted by molar-refractivity contribution is 6.21. The number of hydrogen-bond donors (Lipinski definition) is 0. The van der Waals surface area contributed by atoms with Gasteiger partial charge in [-0.1, -0.05) is 170 Å². The van der Waals surface area contributed by atoms with Crippen LogP contribution in [0.4, 0.5) is 0 Å². The van der Waals surface area contributed by atoms with Crippen molar-refractivity contribution >= 4 is 43.5 Å². The van der Waals surface area contributed by atoms with Crippen molar-refractivity contribution in [3.63, 3.8) is 0 Å². The second-order valence-electron chi connectivity index (χ2n) is 14.4. The van der Waals surface area contributed by atoms with E-state index in [9.17, 15) is 0 Å². The molecule has 0 bridgehead atoms. The lowest BCUT2D eigenvalue weighted by atomic mass is 9.94. The van der Waals surface area contributed by atoms with Crippen molar-refractivity contribution in [3.8, 4) is 62.0 Å². The third-order valence-electron chi connectivity index (χ3n) is 11.0. The maximum atomic E-state index is 5.54. The van der Waals surface area contributed by atoms with Crippen molar-refractivity contribution in [2.75, 3.05) is 0 Å². The Hall–Kier alpha value is -7.69. The molecule has 0 atom stereocenters. The molecule has 266 valence electrons. The minimum Gasteiger partial charge on any atom is -0.309 e. The van der Waals surface area contributed by atoms with Crippen LogP contribution in [0.1, 0.15) is 0 Å². The fourth-order valence-electron chi connectivity index (χ4n) is 8.28. The Morgan fingerprint density at radius 3 is 1.54 bits per heavy atom. The fourth-order valence-corrected chi connectivity index (χ4v) is 8.28. The first-order chi connectivity index (χ1) is 28.3. The summed E-state index contributed by atoms with van der Waals surface area (Å²) in [6, 6.07) is 72.5. The van der Waals surface area contributed by atoms with Crippen LogP contribution in [-0.4, -0.2) is 19.5 Å². The molecular weight excluding hydrogens is 693 g/mol. The van der Waals surface area contributed by atoms with Gasteiger partial charge >= 0.3 is 0 Å². The second kappa shape index (κ2) is 13.6. The molecule has 0 amide bonds. The molecule has 0 aliphatic heterocycles. The summed E-state index contributed by atoms with van der Waals surface area (Å²) in [5.41, 5.74) is 13.5. The van der Waals surface area contributed by atoms with E-state index in [1.54, 1.807) is 0 Å². The fraction of sp³-hybridized carbons (Fsp3) is 0. The topological polar surface area (TPSA) is 43.6 Å². The number of pyridine rings is 1.